The lowest BCUT2D eigenvalue weighted by Crippen LogP contribution is -2.34. The van der Waals surface area contributed by atoms with Crippen LogP contribution in [0, 0.1) is 13.8 Å². The van der Waals surface area contributed by atoms with Gasteiger partial charge < -0.3 is 14.7 Å². The van der Waals surface area contributed by atoms with Crippen LogP contribution < -0.4 is 5.32 Å². The number of likely N-dealkylation sites (tertiary alicyclic amines) is 1. The zero-order chi connectivity index (χ0) is 16.4. The summed E-state index contributed by atoms with van der Waals surface area (Å²) in [7, 11) is 0. The van der Waals surface area contributed by atoms with Crippen LogP contribution in [0.2, 0.25) is 0 Å². The maximum absolute atomic E-state index is 12.7. The van der Waals surface area contributed by atoms with E-state index >= 15 is 0 Å². The Morgan fingerprint density at radius 1 is 1.30 bits per heavy atom. The summed E-state index contributed by atoms with van der Waals surface area (Å²) in [6.45, 7) is 6.84. The van der Waals surface area contributed by atoms with Crippen molar-refractivity contribution in [2.75, 3.05) is 11.9 Å². The fourth-order valence-corrected chi connectivity index (χ4v) is 3.20. The van der Waals surface area contributed by atoms with Crippen LogP contribution in [0.5, 0.6) is 0 Å². The van der Waals surface area contributed by atoms with Crippen LogP contribution >= 0.6 is 0 Å². The number of hydrogen-bond acceptors (Lipinski definition) is 3. The van der Waals surface area contributed by atoms with Gasteiger partial charge in [0.05, 0.1) is 11.7 Å². The van der Waals surface area contributed by atoms with Crippen LogP contribution in [0.1, 0.15) is 48.4 Å². The first-order valence-corrected chi connectivity index (χ1v) is 8.18. The highest BCUT2D eigenvalue weighted by atomic mass is 16.5. The Morgan fingerprint density at radius 3 is 2.70 bits per heavy atom. The van der Waals surface area contributed by atoms with Crippen molar-refractivity contribution >= 4 is 11.7 Å². The smallest absolute Gasteiger partial charge is 0.322 e. The predicted octanol–water partition coefficient (Wildman–Crippen LogP) is 4.22. The van der Waals surface area contributed by atoms with Crippen molar-refractivity contribution in [2.24, 2.45) is 0 Å². The summed E-state index contributed by atoms with van der Waals surface area (Å²) in [5.41, 5.74) is 4.05. The van der Waals surface area contributed by atoms with Gasteiger partial charge in [0, 0.05) is 18.3 Å². The highest BCUT2D eigenvalue weighted by molar-refractivity contribution is 5.90. The quantitative estimate of drug-likeness (QED) is 0.923. The molecule has 2 amide bonds. The first kappa shape index (κ1) is 15.6. The standard InChI is InChI=1S/C18H23N3O2/c1-4-14-11-17(23-20-14)16-6-5-7-21(16)18(22)19-15-9-12(2)8-13(3)10-15/h8-11,16H,4-7H2,1-3H3,(H,19,22)/t16-/m1/s1. The van der Waals surface area contributed by atoms with Crippen molar-refractivity contribution in [1.29, 1.82) is 0 Å². The average Bonchev–Trinajstić information content (AvgIpc) is 3.14. The van der Waals surface area contributed by atoms with Gasteiger partial charge in [0.15, 0.2) is 5.76 Å². The van der Waals surface area contributed by atoms with Crippen molar-refractivity contribution < 1.29 is 9.32 Å². The van der Waals surface area contributed by atoms with Crippen molar-refractivity contribution in [1.82, 2.24) is 10.1 Å². The Hall–Kier alpha value is -2.30. The molecule has 0 saturated carbocycles. The van der Waals surface area contributed by atoms with Crippen molar-refractivity contribution in [3.63, 3.8) is 0 Å². The van der Waals surface area contributed by atoms with Gasteiger partial charge in [0.2, 0.25) is 0 Å². The van der Waals surface area contributed by atoms with Crippen LogP contribution in [-0.2, 0) is 6.42 Å². The summed E-state index contributed by atoms with van der Waals surface area (Å²) < 4.78 is 5.44. The second-order valence-corrected chi connectivity index (χ2v) is 6.23. The number of aryl methyl sites for hydroxylation is 3. The number of nitrogens with one attached hydrogen (secondary N) is 1. The molecule has 3 rings (SSSR count). The molecule has 0 radical (unpaired) electrons. The van der Waals surface area contributed by atoms with Gasteiger partial charge in [-0.2, -0.15) is 0 Å². The third-order valence-corrected chi connectivity index (χ3v) is 4.25. The Morgan fingerprint density at radius 2 is 2.04 bits per heavy atom. The molecule has 1 N–H and O–H groups in total. The van der Waals surface area contributed by atoms with Crippen molar-refractivity contribution in [3.8, 4) is 0 Å². The molecule has 0 aliphatic carbocycles. The van der Waals surface area contributed by atoms with E-state index < -0.39 is 0 Å². The van der Waals surface area contributed by atoms with E-state index in [-0.39, 0.29) is 12.1 Å². The van der Waals surface area contributed by atoms with E-state index in [1.54, 1.807) is 0 Å². The fraction of sp³-hybridized carbons (Fsp3) is 0.444. The largest absolute Gasteiger partial charge is 0.359 e. The summed E-state index contributed by atoms with van der Waals surface area (Å²) in [5, 5.41) is 7.06. The molecular formula is C18H23N3O2. The summed E-state index contributed by atoms with van der Waals surface area (Å²) in [5.74, 6) is 0.787. The molecule has 1 fully saturated rings. The molecule has 2 heterocycles. The van der Waals surface area contributed by atoms with E-state index in [9.17, 15) is 4.79 Å². The predicted molar refractivity (Wildman–Crippen MR) is 89.5 cm³/mol. The number of carbonyl (C=O) groups is 1. The van der Waals surface area contributed by atoms with Crippen molar-refractivity contribution in [2.45, 2.75) is 46.1 Å². The van der Waals surface area contributed by atoms with Gasteiger partial charge >= 0.3 is 6.03 Å². The molecule has 0 unspecified atom stereocenters. The van der Waals surface area contributed by atoms with Crippen LogP contribution in [0.15, 0.2) is 28.8 Å². The molecule has 5 heteroatoms. The third kappa shape index (κ3) is 3.38. The van der Waals surface area contributed by atoms with Crippen molar-refractivity contribution in [3.05, 3.63) is 46.8 Å². The summed E-state index contributed by atoms with van der Waals surface area (Å²) in [4.78, 5) is 14.5. The minimum atomic E-state index is -0.0769. The van der Waals surface area contributed by atoms with Crippen LogP contribution in [-0.4, -0.2) is 22.6 Å². The zero-order valence-corrected chi connectivity index (χ0v) is 13.9. The van der Waals surface area contributed by atoms with Gasteiger partial charge in [0.25, 0.3) is 0 Å². The fourth-order valence-electron chi connectivity index (χ4n) is 3.20. The third-order valence-electron chi connectivity index (χ3n) is 4.25. The molecule has 1 aliphatic rings. The second kappa shape index (κ2) is 6.44. The minimum Gasteiger partial charge on any atom is -0.359 e. The van der Waals surface area contributed by atoms with E-state index in [0.717, 1.165) is 54.1 Å². The van der Waals surface area contributed by atoms with E-state index in [1.165, 1.54) is 0 Å². The Bertz CT molecular complexity index is 688. The number of amides is 2. The normalized spacial score (nSPS) is 17.5. The number of carbonyl (C=O) groups excluding carboxylic acids is 1. The van der Waals surface area contributed by atoms with Gasteiger partial charge in [-0.3, -0.25) is 0 Å². The maximum Gasteiger partial charge on any atom is 0.322 e. The molecule has 1 aliphatic heterocycles. The number of anilines is 1. The Labute approximate surface area is 136 Å². The summed E-state index contributed by atoms with van der Waals surface area (Å²) in [6.07, 6.45) is 2.73. The molecule has 122 valence electrons. The SMILES string of the molecule is CCc1cc([C@H]2CCCN2C(=O)Nc2cc(C)cc(C)c2)on1. The lowest BCUT2D eigenvalue weighted by Gasteiger charge is -2.23. The van der Waals surface area contributed by atoms with Gasteiger partial charge in [0.1, 0.15) is 0 Å². The van der Waals surface area contributed by atoms with E-state index in [0.29, 0.717) is 0 Å². The lowest BCUT2D eigenvalue weighted by molar-refractivity contribution is 0.195. The molecule has 0 bridgehead atoms. The van der Waals surface area contributed by atoms with Crippen LogP contribution in [0.3, 0.4) is 0 Å². The molecule has 1 atom stereocenters. The molecule has 2 aromatic rings. The number of hydrogen-bond donors (Lipinski definition) is 1. The number of nitrogens with zero attached hydrogens (tertiary/aromatic N) is 2. The lowest BCUT2D eigenvalue weighted by atomic mass is 10.1. The number of urea groups is 1. The molecule has 5 nitrogen and oxygen atoms in total. The number of aromatic nitrogens is 1. The Kier molecular flexibility index (Phi) is 4.37. The highest BCUT2D eigenvalue weighted by Gasteiger charge is 2.32. The van der Waals surface area contributed by atoms with Gasteiger partial charge in [-0.05, 0) is 56.4 Å². The van der Waals surface area contributed by atoms with E-state index in [1.807, 2.05) is 43.9 Å². The molecule has 1 saturated heterocycles. The molecule has 0 spiro atoms. The molecular weight excluding hydrogens is 290 g/mol. The summed E-state index contributed by atoms with van der Waals surface area (Å²) >= 11 is 0. The zero-order valence-electron chi connectivity index (χ0n) is 13.9. The molecule has 23 heavy (non-hydrogen) atoms. The van der Waals surface area contributed by atoms with E-state index in [2.05, 4.69) is 16.5 Å². The maximum atomic E-state index is 12.7. The van der Waals surface area contributed by atoms with Gasteiger partial charge in [-0.1, -0.05) is 18.1 Å². The van der Waals surface area contributed by atoms with E-state index in [4.69, 9.17) is 4.52 Å². The molecule has 1 aromatic carbocycles. The first-order valence-electron chi connectivity index (χ1n) is 8.18. The summed E-state index contributed by atoms with van der Waals surface area (Å²) in [6, 6.07) is 7.93. The average molecular weight is 313 g/mol. The first-order chi connectivity index (χ1) is 11.1. The Balaban J connectivity index is 1.75. The van der Waals surface area contributed by atoms with Crippen LogP contribution in [0.25, 0.3) is 0 Å². The van der Waals surface area contributed by atoms with Gasteiger partial charge in [-0.25, -0.2) is 4.79 Å². The molecule has 1 aromatic heterocycles. The van der Waals surface area contributed by atoms with Crippen LogP contribution in [0.4, 0.5) is 10.5 Å². The number of benzene rings is 1. The number of rotatable bonds is 3. The second-order valence-electron chi connectivity index (χ2n) is 6.23. The monoisotopic (exact) mass is 313 g/mol. The topological polar surface area (TPSA) is 58.4 Å². The highest BCUT2D eigenvalue weighted by Crippen LogP contribution is 2.33. The minimum absolute atomic E-state index is 0.0197. The van der Waals surface area contributed by atoms with Gasteiger partial charge in [-0.15, -0.1) is 0 Å².